The van der Waals surface area contributed by atoms with Gasteiger partial charge in [-0.2, -0.15) is 0 Å². The van der Waals surface area contributed by atoms with Crippen LogP contribution in [0.25, 0.3) is 0 Å². The topological polar surface area (TPSA) is 82.2 Å². The molecule has 2 heterocycles. The number of nitrogens with one attached hydrogen (secondary N) is 1. The lowest BCUT2D eigenvalue weighted by molar-refractivity contribution is -0.139. The highest BCUT2D eigenvalue weighted by atomic mass is 35.5. The van der Waals surface area contributed by atoms with E-state index >= 15 is 0 Å². The molecule has 4 rings (SSSR count). The van der Waals surface area contributed by atoms with Gasteiger partial charge in [0.25, 0.3) is 5.91 Å². The van der Waals surface area contributed by atoms with Gasteiger partial charge in [-0.15, -0.1) is 6.58 Å². The van der Waals surface area contributed by atoms with Gasteiger partial charge in [0.15, 0.2) is 0 Å². The average Bonchev–Trinajstić information content (AvgIpc) is 2.91. The summed E-state index contributed by atoms with van der Waals surface area (Å²) >= 11 is 12.1. The van der Waals surface area contributed by atoms with Crippen molar-refractivity contribution < 1.29 is 19.1 Å². The van der Waals surface area contributed by atoms with E-state index in [1.807, 2.05) is 11.8 Å². The van der Waals surface area contributed by atoms with E-state index in [1.165, 1.54) is 4.90 Å². The summed E-state index contributed by atoms with van der Waals surface area (Å²) in [6.07, 6.45) is 1.62. The Morgan fingerprint density at radius 3 is 2.31 bits per heavy atom. The van der Waals surface area contributed by atoms with Crippen LogP contribution in [-0.2, 0) is 9.53 Å². The zero-order chi connectivity index (χ0) is 28.1. The number of carbonyl (C=O) groups is 3. The summed E-state index contributed by atoms with van der Waals surface area (Å²) in [7, 11) is 0. The number of carbonyl (C=O) groups excluding carboxylic acids is 3. The van der Waals surface area contributed by atoms with E-state index in [-0.39, 0.29) is 31.1 Å². The highest BCUT2D eigenvalue weighted by Gasteiger charge is 2.39. The van der Waals surface area contributed by atoms with E-state index in [2.05, 4.69) is 16.8 Å². The second-order valence-electron chi connectivity index (χ2n) is 9.50. The highest BCUT2D eigenvalue weighted by molar-refractivity contribution is 6.30. The molecule has 2 aliphatic heterocycles. The van der Waals surface area contributed by atoms with Crippen molar-refractivity contribution in [3.8, 4) is 0 Å². The first-order chi connectivity index (χ1) is 18.7. The van der Waals surface area contributed by atoms with E-state index in [4.69, 9.17) is 27.9 Å². The van der Waals surface area contributed by atoms with Crippen molar-refractivity contribution in [1.82, 2.24) is 20.0 Å². The van der Waals surface area contributed by atoms with Crippen LogP contribution in [0.2, 0.25) is 10.0 Å². The van der Waals surface area contributed by atoms with Gasteiger partial charge >= 0.3 is 12.0 Å². The van der Waals surface area contributed by atoms with Crippen LogP contribution in [0, 0.1) is 0 Å². The van der Waals surface area contributed by atoms with E-state index < -0.39 is 12.0 Å². The van der Waals surface area contributed by atoms with Crippen LogP contribution in [0.3, 0.4) is 0 Å². The maximum Gasteiger partial charge on any atom is 0.338 e. The van der Waals surface area contributed by atoms with Crippen LogP contribution in [0.15, 0.2) is 72.5 Å². The van der Waals surface area contributed by atoms with Crippen LogP contribution in [0.1, 0.15) is 35.8 Å². The van der Waals surface area contributed by atoms with Gasteiger partial charge in [0.05, 0.1) is 18.2 Å². The van der Waals surface area contributed by atoms with Gasteiger partial charge in [-0.25, -0.2) is 9.59 Å². The van der Waals surface area contributed by atoms with Crippen LogP contribution < -0.4 is 5.32 Å². The predicted molar refractivity (Wildman–Crippen MR) is 152 cm³/mol. The van der Waals surface area contributed by atoms with Crippen molar-refractivity contribution in [3.05, 3.63) is 93.6 Å². The summed E-state index contributed by atoms with van der Waals surface area (Å²) in [5.41, 5.74) is 2.23. The van der Waals surface area contributed by atoms with Gasteiger partial charge < -0.3 is 15.0 Å². The molecule has 206 valence electrons. The zero-order valence-electron chi connectivity index (χ0n) is 22.0. The largest absolute Gasteiger partial charge is 0.463 e. The monoisotopic (exact) mass is 570 g/mol. The molecule has 8 nitrogen and oxygen atoms in total. The molecular weight excluding hydrogens is 539 g/mol. The Balaban J connectivity index is 1.64. The fourth-order valence-corrected chi connectivity index (χ4v) is 5.25. The SMILES string of the molecule is C=CCN1C(=O)NC(c2ccc(Cl)cc2)C(C(=O)OCC)=C1CN1CCN(C(=O)c2ccc(Cl)cc2)C(C)C1. The fraction of sp³-hybridized carbons (Fsp3) is 0.345. The van der Waals surface area contributed by atoms with Crippen LogP contribution in [0.5, 0.6) is 0 Å². The minimum absolute atomic E-state index is 0.0571. The molecule has 39 heavy (non-hydrogen) atoms. The lowest BCUT2D eigenvalue weighted by atomic mass is 9.94. The molecule has 2 atom stereocenters. The van der Waals surface area contributed by atoms with Crippen LogP contribution in [0.4, 0.5) is 4.79 Å². The number of urea groups is 1. The number of piperazine rings is 1. The Labute approximate surface area is 238 Å². The van der Waals surface area contributed by atoms with Crippen molar-refractivity contribution in [2.75, 3.05) is 39.3 Å². The second kappa shape index (κ2) is 12.7. The number of rotatable bonds is 8. The van der Waals surface area contributed by atoms with Gasteiger partial charge in [0.2, 0.25) is 0 Å². The molecule has 0 saturated carbocycles. The molecule has 2 unspecified atom stereocenters. The van der Waals surface area contributed by atoms with Crippen molar-refractivity contribution in [1.29, 1.82) is 0 Å². The maximum atomic E-state index is 13.4. The van der Waals surface area contributed by atoms with E-state index in [0.29, 0.717) is 53.1 Å². The van der Waals surface area contributed by atoms with E-state index in [1.54, 1.807) is 61.5 Å². The average molecular weight is 572 g/mol. The standard InChI is InChI=1S/C29H32Cl2N4O4/c1-4-14-35-24(18-33-15-16-34(19(3)17-33)27(36)21-8-12-23(31)13-9-21)25(28(37)39-5-2)26(32-29(35)38)20-6-10-22(30)11-7-20/h4,6-13,19,26H,1,5,14-18H2,2-3H3,(H,32,38). The Kier molecular flexibility index (Phi) is 9.32. The number of esters is 1. The van der Waals surface area contributed by atoms with E-state index in [9.17, 15) is 14.4 Å². The van der Waals surface area contributed by atoms with Crippen molar-refractivity contribution in [2.24, 2.45) is 0 Å². The number of benzene rings is 2. The highest BCUT2D eigenvalue weighted by Crippen LogP contribution is 2.33. The number of nitrogens with zero attached hydrogens (tertiary/aromatic N) is 3. The third-order valence-electron chi connectivity index (χ3n) is 6.89. The van der Waals surface area contributed by atoms with E-state index in [0.717, 1.165) is 5.56 Å². The molecule has 0 aliphatic carbocycles. The number of hydrogen-bond donors (Lipinski definition) is 1. The summed E-state index contributed by atoms with van der Waals surface area (Å²) in [5.74, 6) is -0.551. The first-order valence-corrected chi connectivity index (χ1v) is 13.6. The van der Waals surface area contributed by atoms with Gasteiger partial charge in [0, 0.05) is 60.1 Å². The molecule has 1 N–H and O–H groups in total. The Hall–Kier alpha value is -3.33. The maximum absolute atomic E-state index is 13.4. The van der Waals surface area contributed by atoms with Crippen molar-refractivity contribution in [3.63, 3.8) is 0 Å². The molecule has 2 aromatic rings. The van der Waals surface area contributed by atoms with Crippen LogP contribution in [-0.4, -0.2) is 78.0 Å². The van der Waals surface area contributed by atoms with Gasteiger partial charge in [-0.1, -0.05) is 41.4 Å². The quantitative estimate of drug-likeness (QED) is 0.360. The van der Waals surface area contributed by atoms with Gasteiger partial charge in [-0.05, 0) is 55.8 Å². The number of hydrogen-bond acceptors (Lipinski definition) is 5. The summed E-state index contributed by atoms with van der Waals surface area (Å²) in [5, 5.41) is 4.08. The summed E-state index contributed by atoms with van der Waals surface area (Å²) in [6.45, 7) is 9.91. The van der Waals surface area contributed by atoms with Gasteiger partial charge in [-0.3, -0.25) is 14.6 Å². The minimum atomic E-state index is -0.699. The molecule has 2 aliphatic rings. The fourth-order valence-electron chi connectivity index (χ4n) is 5.00. The smallest absolute Gasteiger partial charge is 0.338 e. The Morgan fingerprint density at radius 1 is 1.08 bits per heavy atom. The molecule has 1 saturated heterocycles. The molecular formula is C29H32Cl2N4O4. The first kappa shape index (κ1) is 28.7. The molecule has 0 radical (unpaired) electrons. The van der Waals surface area contributed by atoms with Crippen LogP contribution >= 0.6 is 23.2 Å². The summed E-state index contributed by atoms with van der Waals surface area (Å²) in [6, 6.07) is 12.8. The number of ether oxygens (including phenoxy) is 1. The normalized spacial score (nSPS) is 20.1. The van der Waals surface area contributed by atoms with Crippen molar-refractivity contribution >= 4 is 41.1 Å². The number of amides is 3. The zero-order valence-corrected chi connectivity index (χ0v) is 23.5. The molecule has 1 fully saturated rings. The third kappa shape index (κ3) is 6.46. The second-order valence-corrected chi connectivity index (χ2v) is 10.4. The molecule has 2 aromatic carbocycles. The summed E-state index contributed by atoms with van der Waals surface area (Å²) in [4.78, 5) is 45.3. The lowest BCUT2D eigenvalue weighted by Gasteiger charge is -2.43. The Bertz CT molecular complexity index is 1260. The summed E-state index contributed by atoms with van der Waals surface area (Å²) < 4.78 is 5.46. The first-order valence-electron chi connectivity index (χ1n) is 12.9. The predicted octanol–water partition coefficient (Wildman–Crippen LogP) is 4.91. The molecule has 10 heteroatoms. The molecule has 3 amide bonds. The molecule has 0 aromatic heterocycles. The molecule has 0 spiro atoms. The van der Waals surface area contributed by atoms with Crippen molar-refractivity contribution in [2.45, 2.75) is 25.9 Å². The third-order valence-corrected chi connectivity index (χ3v) is 7.39. The Morgan fingerprint density at radius 2 is 1.72 bits per heavy atom. The lowest BCUT2D eigenvalue weighted by Crippen LogP contribution is -2.56. The molecule has 0 bridgehead atoms. The minimum Gasteiger partial charge on any atom is -0.463 e. The number of halogens is 2. The van der Waals surface area contributed by atoms with Gasteiger partial charge in [0.1, 0.15) is 0 Å².